The number of para-hydroxylation sites is 2. The summed E-state index contributed by atoms with van der Waals surface area (Å²) < 4.78 is 49.1. The third-order valence-corrected chi connectivity index (χ3v) is 3.61. The molecule has 1 aliphatic heterocycles. The highest BCUT2D eigenvalue weighted by Crippen LogP contribution is 2.33. The van der Waals surface area contributed by atoms with Crippen LogP contribution in [0.4, 0.5) is 18.9 Å². The van der Waals surface area contributed by atoms with Crippen molar-refractivity contribution in [2.24, 2.45) is 5.92 Å². The molecular weight excluding hydrogens is 299 g/mol. The van der Waals surface area contributed by atoms with E-state index in [0.29, 0.717) is 17.9 Å². The number of ether oxygens (including phenoxy) is 2. The molecule has 4 nitrogen and oxygen atoms in total. The minimum absolute atomic E-state index is 0.0926. The van der Waals surface area contributed by atoms with Gasteiger partial charge in [-0.2, -0.15) is 13.2 Å². The molecule has 1 fully saturated rings. The Morgan fingerprint density at radius 2 is 2.09 bits per heavy atom. The summed E-state index contributed by atoms with van der Waals surface area (Å²) in [5.41, 5.74) is 0.0926. The fraction of sp³-hybridized carbons (Fsp3) is 0.533. The first-order valence-electron chi connectivity index (χ1n) is 6.96. The zero-order valence-electron chi connectivity index (χ0n) is 12.4. The molecule has 1 saturated heterocycles. The van der Waals surface area contributed by atoms with Crippen LogP contribution in [0.3, 0.4) is 0 Å². The molecule has 1 aliphatic rings. The fourth-order valence-corrected chi connectivity index (χ4v) is 2.48. The van der Waals surface area contributed by atoms with Crippen LogP contribution in [-0.2, 0) is 9.53 Å². The largest absolute Gasteiger partial charge is 0.495 e. The molecule has 122 valence electrons. The van der Waals surface area contributed by atoms with E-state index >= 15 is 0 Å². The van der Waals surface area contributed by atoms with Crippen molar-refractivity contribution in [1.82, 2.24) is 0 Å². The number of benzene rings is 1. The van der Waals surface area contributed by atoms with Gasteiger partial charge in [0.15, 0.2) is 0 Å². The number of carbonyl (C=O) groups is 1. The van der Waals surface area contributed by atoms with E-state index in [-0.39, 0.29) is 17.4 Å². The van der Waals surface area contributed by atoms with E-state index in [1.165, 1.54) is 19.2 Å². The predicted octanol–water partition coefficient (Wildman–Crippen LogP) is 3.02. The molecule has 22 heavy (non-hydrogen) atoms. The van der Waals surface area contributed by atoms with E-state index in [1.807, 2.05) is 0 Å². The molecular formula is C15H18F3NO3. The van der Waals surface area contributed by atoms with Crippen molar-refractivity contribution in [2.75, 3.05) is 25.2 Å². The van der Waals surface area contributed by atoms with Gasteiger partial charge in [-0.15, -0.1) is 0 Å². The van der Waals surface area contributed by atoms with Crippen LogP contribution in [-0.4, -0.2) is 38.4 Å². The Labute approximate surface area is 126 Å². The maximum atomic E-state index is 12.9. The molecule has 0 saturated carbocycles. The number of rotatable bonds is 4. The first-order chi connectivity index (χ1) is 10.3. The first kappa shape index (κ1) is 16.6. The van der Waals surface area contributed by atoms with Crippen molar-refractivity contribution in [1.29, 1.82) is 0 Å². The van der Waals surface area contributed by atoms with Crippen molar-refractivity contribution < 1.29 is 27.4 Å². The van der Waals surface area contributed by atoms with Crippen LogP contribution in [0.25, 0.3) is 0 Å². The van der Waals surface area contributed by atoms with Crippen LogP contribution < -0.4 is 9.64 Å². The summed E-state index contributed by atoms with van der Waals surface area (Å²) >= 11 is 0. The number of hydrogen-bond acceptors (Lipinski definition) is 3. The lowest BCUT2D eigenvalue weighted by Crippen LogP contribution is -2.46. The van der Waals surface area contributed by atoms with E-state index in [0.717, 1.165) is 0 Å². The van der Waals surface area contributed by atoms with E-state index in [2.05, 4.69) is 0 Å². The number of hydrogen-bond donors (Lipinski definition) is 0. The van der Waals surface area contributed by atoms with E-state index in [9.17, 15) is 18.0 Å². The number of halogens is 3. The minimum Gasteiger partial charge on any atom is -0.495 e. The van der Waals surface area contributed by atoms with Gasteiger partial charge in [0, 0.05) is 6.61 Å². The number of carbonyl (C=O) groups excluding carboxylic acids is 1. The van der Waals surface area contributed by atoms with Crippen LogP contribution in [0.2, 0.25) is 0 Å². The Kier molecular flexibility index (Phi) is 4.95. The number of alkyl halides is 3. The second-order valence-corrected chi connectivity index (χ2v) is 5.27. The SMILES string of the molecule is COc1ccccc1N(CC(F)(F)F)C(=O)[C@@H]1OCC[C@H]1C. The molecule has 0 bridgehead atoms. The Hall–Kier alpha value is -1.76. The van der Waals surface area contributed by atoms with E-state index in [1.54, 1.807) is 19.1 Å². The van der Waals surface area contributed by atoms with Crippen LogP contribution in [0, 0.1) is 5.92 Å². The number of anilines is 1. The van der Waals surface area contributed by atoms with Crippen molar-refractivity contribution in [3.05, 3.63) is 24.3 Å². The summed E-state index contributed by atoms with van der Waals surface area (Å²) in [4.78, 5) is 13.2. The summed E-state index contributed by atoms with van der Waals surface area (Å²) in [7, 11) is 1.35. The molecule has 1 heterocycles. The average molecular weight is 317 g/mol. The monoisotopic (exact) mass is 317 g/mol. The van der Waals surface area contributed by atoms with Gasteiger partial charge in [0.2, 0.25) is 0 Å². The highest BCUT2D eigenvalue weighted by Gasteiger charge is 2.40. The molecule has 1 aromatic rings. The molecule has 1 aromatic carbocycles. The van der Waals surface area contributed by atoms with Gasteiger partial charge in [0.05, 0.1) is 12.8 Å². The van der Waals surface area contributed by atoms with Crippen LogP contribution >= 0.6 is 0 Å². The molecule has 2 rings (SSSR count). The van der Waals surface area contributed by atoms with Crippen molar-refractivity contribution in [3.8, 4) is 5.75 Å². The summed E-state index contributed by atoms with van der Waals surface area (Å²) in [6, 6.07) is 6.15. The molecule has 0 radical (unpaired) electrons. The predicted molar refractivity (Wildman–Crippen MR) is 74.9 cm³/mol. The molecule has 7 heteroatoms. The standard InChI is InChI=1S/C15H18F3NO3/c1-10-7-8-22-13(10)14(20)19(9-15(16,17)18)11-5-3-4-6-12(11)21-2/h3-6,10,13H,7-9H2,1-2H3/t10-,13-/m1/s1. The molecule has 1 amide bonds. The van der Waals surface area contributed by atoms with Crippen LogP contribution in [0.15, 0.2) is 24.3 Å². The Bertz CT molecular complexity index is 533. The maximum Gasteiger partial charge on any atom is 0.406 e. The zero-order valence-corrected chi connectivity index (χ0v) is 12.4. The van der Waals surface area contributed by atoms with Crippen LogP contribution in [0.5, 0.6) is 5.75 Å². The lowest BCUT2D eigenvalue weighted by molar-refractivity contribution is -0.139. The lowest BCUT2D eigenvalue weighted by atomic mass is 10.0. The lowest BCUT2D eigenvalue weighted by Gasteiger charge is -2.28. The van der Waals surface area contributed by atoms with Gasteiger partial charge in [0.25, 0.3) is 5.91 Å². The summed E-state index contributed by atoms with van der Waals surface area (Å²) in [5, 5.41) is 0. The Morgan fingerprint density at radius 3 is 2.64 bits per heavy atom. The summed E-state index contributed by atoms with van der Waals surface area (Å²) in [5.74, 6) is -0.587. The Balaban J connectivity index is 2.36. The van der Waals surface area contributed by atoms with E-state index < -0.39 is 24.7 Å². The third-order valence-electron chi connectivity index (χ3n) is 3.61. The fourth-order valence-electron chi connectivity index (χ4n) is 2.48. The van der Waals surface area contributed by atoms with Crippen molar-refractivity contribution >= 4 is 11.6 Å². The second-order valence-electron chi connectivity index (χ2n) is 5.27. The maximum absolute atomic E-state index is 12.9. The van der Waals surface area contributed by atoms with Crippen molar-refractivity contribution in [3.63, 3.8) is 0 Å². The molecule has 0 spiro atoms. The molecule has 0 unspecified atom stereocenters. The van der Waals surface area contributed by atoms with Crippen molar-refractivity contribution in [2.45, 2.75) is 25.6 Å². The minimum atomic E-state index is -4.52. The quantitative estimate of drug-likeness (QED) is 0.857. The first-order valence-corrected chi connectivity index (χ1v) is 6.96. The normalized spacial score (nSPS) is 21.7. The van der Waals surface area contributed by atoms with E-state index in [4.69, 9.17) is 9.47 Å². The van der Waals surface area contributed by atoms with Gasteiger partial charge in [-0.3, -0.25) is 9.69 Å². The van der Waals surface area contributed by atoms with Gasteiger partial charge in [-0.1, -0.05) is 19.1 Å². The highest BCUT2D eigenvalue weighted by atomic mass is 19.4. The zero-order chi connectivity index (χ0) is 16.3. The second kappa shape index (κ2) is 6.56. The average Bonchev–Trinajstić information content (AvgIpc) is 2.89. The topological polar surface area (TPSA) is 38.8 Å². The van der Waals surface area contributed by atoms with Gasteiger partial charge in [-0.25, -0.2) is 0 Å². The summed E-state index contributed by atoms with van der Waals surface area (Å²) in [6.45, 7) is 0.797. The van der Waals surface area contributed by atoms with Gasteiger partial charge >= 0.3 is 6.18 Å². The number of amides is 1. The van der Waals surface area contributed by atoms with Gasteiger partial charge < -0.3 is 9.47 Å². The molecule has 2 atom stereocenters. The summed E-state index contributed by atoms with van der Waals surface area (Å²) in [6.07, 6.45) is -4.71. The van der Waals surface area contributed by atoms with Gasteiger partial charge in [0.1, 0.15) is 18.4 Å². The highest BCUT2D eigenvalue weighted by molar-refractivity contribution is 5.98. The molecule has 0 N–H and O–H groups in total. The third kappa shape index (κ3) is 3.71. The smallest absolute Gasteiger partial charge is 0.406 e. The molecule has 0 aliphatic carbocycles. The number of methoxy groups -OCH3 is 1. The van der Waals surface area contributed by atoms with Crippen LogP contribution in [0.1, 0.15) is 13.3 Å². The number of nitrogens with zero attached hydrogens (tertiary/aromatic N) is 1. The Morgan fingerprint density at radius 1 is 1.41 bits per heavy atom. The van der Waals surface area contributed by atoms with Gasteiger partial charge in [-0.05, 0) is 24.5 Å². The molecule has 0 aromatic heterocycles.